The van der Waals surface area contributed by atoms with Gasteiger partial charge in [0.05, 0.1) is 13.1 Å². The Morgan fingerprint density at radius 1 is 0.774 bits per heavy atom. The van der Waals surface area contributed by atoms with Crippen molar-refractivity contribution >= 4 is 23.5 Å². The second kappa shape index (κ2) is 7.60. The fraction of sp³-hybridized carbons (Fsp3) is 0.125. The molecule has 0 saturated carbocycles. The third-order valence-electron chi connectivity index (χ3n) is 5.39. The van der Waals surface area contributed by atoms with Gasteiger partial charge in [0.1, 0.15) is 18.0 Å². The van der Waals surface area contributed by atoms with Crippen molar-refractivity contribution in [2.45, 2.75) is 13.1 Å². The normalized spacial score (nSPS) is 15.4. The molecule has 0 bridgehead atoms. The molecular weight excluding hydrogens is 394 g/mol. The molecule has 1 fully saturated rings. The average Bonchev–Trinajstić information content (AvgIpc) is 3.11. The van der Waals surface area contributed by atoms with E-state index in [4.69, 9.17) is 4.74 Å². The van der Waals surface area contributed by atoms with Crippen LogP contribution in [-0.2, 0) is 17.9 Å². The second-order valence-corrected chi connectivity index (χ2v) is 7.47. The van der Waals surface area contributed by atoms with Crippen LogP contribution in [0.3, 0.4) is 0 Å². The van der Waals surface area contributed by atoms with Crippen molar-refractivity contribution in [1.82, 2.24) is 10.2 Å². The van der Waals surface area contributed by atoms with Crippen LogP contribution in [0, 0.1) is 0 Å². The molecule has 31 heavy (non-hydrogen) atoms. The molecule has 7 heteroatoms. The molecule has 1 N–H and O–H groups in total. The topological polar surface area (TPSA) is 79.0 Å². The molecule has 1 saturated heterocycles. The third-order valence-corrected chi connectivity index (χ3v) is 5.39. The minimum Gasteiger partial charge on any atom is -0.457 e. The SMILES string of the molecule is O=C1CN(c2ccc(C(=O)N3Cc4ccccc4Oc4ccccc4C3)cc2)C(=O)N1. The van der Waals surface area contributed by atoms with Crippen LogP contribution >= 0.6 is 0 Å². The molecule has 4 amide bonds. The van der Waals surface area contributed by atoms with Crippen LogP contribution in [0.25, 0.3) is 0 Å². The molecule has 0 aliphatic carbocycles. The van der Waals surface area contributed by atoms with Crippen LogP contribution in [-0.4, -0.2) is 29.3 Å². The number of para-hydroxylation sites is 2. The molecule has 0 atom stereocenters. The van der Waals surface area contributed by atoms with Gasteiger partial charge in [0, 0.05) is 22.4 Å². The smallest absolute Gasteiger partial charge is 0.329 e. The predicted octanol–water partition coefficient (Wildman–Crippen LogP) is 3.69. The lowest BCUT2D eigenvalue weighted by molar-refractivity contribution is -0.117. The molecule has 0 aromatic heterocycles. The summed E-state index contributed by atoms with van der Waals surface area (Å²) in [6.07, 6.45) is 0. The van der Waals surface area contributed by atoms with Crippen molar-refractivity contribution in [3.8, 4) is 11.5 Å². The number of imide groups is 1. The monoisotopic (exact) mass is 413 g/mol. The summed E-state index contributed by atoms with van der Waals surface area (Å²) in [7, 11) is 0. The van der Waals surface area contributed by atoms with Crippen molar-refractivity contribution < 1.29 is 19.1 Å². The molecule has 154 valence electrons. The molecule has 3 aromatic rings. The number of nitrogens with one attached hydrogen (secondary N) is 1. The maximum atomic E-state index is 13.4. The lowest BCUT2D eigenvalue weighted by Gasteiger charge is -2.28. The van der Waals surface area contributed by atoms with Crippen molar-refractivity contribution in [3.05, 3.63) is 89.5 Å². The summed E-state index contributed by atoms with van der Waals surface area (Å²) in [5.74, 6) is 0.991. The zero-order valence-corrected chi connectivity index (χ0v) is 16.6. The first-order chi connectivity index (χ1) is 15.1. The summed E-state index contributed by atoms with van der Waals surface area (Å²) in [5.41, 5.74) is 2.92. The largest absolute Gasteiger partial charge is 0.457 e. The minimum absolute atomic E-state index is 0.0220. The summed E-state index contributed by atoms with van der Waals surface area (Å²) >= 11 is 0. The molecule has 0 unspecified atom stereocenters. The van der Waals surface area contributed by atoms with Gasteiger partial charge in [-0.25, -0.2) is 4.79 Å². The van der Waals surface area contributed by atoms with E-state index in [1.165, 1.54) is 4.90 Å². The van der Waals surface area contributed by atoms with Crippen LogP contribution in [0.2, 0.25) is 0 Å². The number of urea groups is 1. The van der Waals surface area contributed by atoms with E-state index >= 15 is 0 Å². The molecule has 2 aliphatic heterocycles. The first kappa shape index (κ1) is 18.9. The lowest BCUT2D eigenvalue weighted by atomic mass is 10.1. The van der Waals surface area contributed by atoms with Gasteiger partial charge in [-0.1, -0.05) is 36.4 Å². The quantitative estimate of drug-likeness (QED) is 0.650. The van der Waals surface area contributed by atoms with Crippen LogP contribution < -0.4 is 15.0 Å². The van der Waals surface area contributed by atoms with Gasteiger partial charge in [-0.3, -0.25) is 19.8 Å². The second-order valence-electron chi connectivity index (χ2n) is 7.47. The van der Waals surface area contributed by atoms with E-state index in [1.54, 1.807) is 29.2 Å². The molecular formula is C24H19N3O4. The zero-order chi connectivity index (χ0) is 21.4. The highest BCUT2D eigenvalue weighted by atomic mass is 16.5. The van der Waals surface area contributed by atoms with Gasteiger partial charge in [-0.15, -0.1) is 0 Å². The number of carbonyl (C=O) groups is 3. The molecule has 2 heterocycles. The number of amides is 4. The van der Waals surface area contributed by atoms with Crippen LogP contribution in [0.4, 0.5) is 10.5 Å². The van der Waals surface area contributed by atoms with E-state index in [9.17, 15) is 14.4 Å². The summed E-state index contributed by atoms with van der Waals surface area (Å²) in [6.45, 7) is 0.800. The van der Waals surface area contributed by atoms with Gasteiger partial charge in [0.15, 0.2) is 0 Å². The minimum atomic E-state index is -0.457. The fourth-order valence-electron chi connectivity index (χ4n) is 3.81. The maximum Gasteiger partial charge on any atom is 0.329 e. The van der Waals surface area contributed by atoms with E-state index in [1.807, 2.05) is 48.5 Å². The lowest BCUT2D eigenvalue weighted by Crippen LogP contribution is -2.31. The summed E-state index contributed by atoms with van der Waals surface area (Å²) in [4.78, 5) is 39.8. The van der Waals surface area contributed by atoms with Crippen molar-refractivity contribution in [1.29, 1.82) is 0 Å². The first-order valence-corrected chi connectivity index (χ1v) is 9.93. The summed E-state index contributed by atoms with van der Waals surface area (Å²) < 4.78 is 6.10. The van der Waals surface area contributed by atoms with Gasteiger partial charge >= 0.3 is 6.03 Å². The van der Waals surface area contributed by atoms with E-state index < -0.39 is 6.03 Å². The van der Waals surface area contributed by atoms with Crippen LogP contribution in [0.1, 0.15) is 21.5 Å². The number of benzene rings is 3. The van der Waals surface area contributed by atoms with Crippen LogP contribution in [0.5, 0.6) is 11.5 Å². The maximum absolute atomic E-state index is 13.4. The number of ether oxygens (including phenoxy) is 1. The average molecular weight is 413 g/mol. The molecule has 2 aliphatic rings. The molecule has 7 nitrogen and oxygen atoms in total. The Labute approximate surface area is 178 Å². The Bertz CT molecular complexity index is 1140. The Morgan fingerprint density at radius 3 is 1.90 bits per heavy atom. The van der Waals surface area contributed by atoms with Gasteiger partial charge in [-0.05, 0) is 36.4 Å². The van der Waals surface area contributed by atoms with E-state index in [2.05, 4.69) is 5.32 Å². The number of rotatable bonds is 2. The highest BCUT2D eigenvalue weighted by Crippen LogP contribution is 2.33. The Hall–Kier alpha value is -4.13. The standard InChI is InChI=1S/C24H19N3O4/c28-22-15-27(24(30)25-22)19-11-9-16(10-12-19)23(29)26-13-17-5-1-3-7-20(17)31-21-8-4-2-6-18(21)14-26/h1-12H,13-15H2,(H,25,28,30). The number of fused-ring (bicyclic) bond motifs is 2. The molecule has 0 spiro atoms. The fourth-order valence-corrected chi connectivity index (χ4v) is 3.81. The first-order valence-electron chi connectivity index (χ1n) is 9.93. The van der Waals surface area contributed by atoms with E-state index in [0.717, 1.165) is 22.6 Å². The van der Waals surface area contributed by atoms with Gasteiger partial charge < -0.3 is 9.64 Å². The molecule has 3 aromatic carbocycles. The van der Waals surface area contributed by atoms with Crippen molar-refractivity contribution in [3.63, 3.8) is 0 Å². The zero-order valence-electron chi connectivity index (χ0n) is 16.6. The van der Waals surface area contributed by atoms with Gasteiger partial charge in [0.2, 0.25) is 5.91 Å². The third kappa shape index (κ3) is 3.61. The number of nitrogens with zero attached hydrogens (tertiary/aromatic N) is 2. The summed E-state index contributed by atoms with van der Waals surface area (Å²) in [6, 6.07) is 21.6. The van der Waals surface area contributed by atoms with Crippen molar-refractivity contribution in [2.24, 2.45) is 0 Å². The predicted molar refractivity (Wildman–Crippen MR) is 114 cm³/mol. The van der Waals surface area contributed by atoms with Crippen LogP contribution in [0.15, 0.2) is 72.8 Å². The van der Waals surface area contributed by atoms with E-state index in [0.29, 0.717) is 24.3 Å². The number of hydrogen-bond acceptors (Lipinski definition) is 4. The van der Waals surface area contributed by atoms with Crippen molar-refractivity contribution in [2.75, 3.05) is 11.4 Å². The summed E-state index contributed by atoms with van der Waals surface area (Å²) in [5, 5.41) is 2.25. The molecule has 0 radical (unpaired) electrons. The highest BCUT2D eigenvalue weighted by molar-refractivity contribution is 6.12. The highest BCUT2D eigenvalue weighted by Gasteiger charge is 2.28. The Kier molecular flexibility index (Phi) is 4.63. The Morgan fingerprint density at radius 2 is 1.35 bits per heavy atom. The number of hydrogen-bond donors (Lipinski definition) is 1. The number of carbonyl (C=O) groups excluding carboxylic acids is 3. The Balaban J connectivity index is 1.44. The van der Waals surface area contributed by atoms with Gasteiger partial charge in [-0.2, -0.15) is 0 Å². The molecule has 5 rings (SSSR count). The van der Waals surface area contributed by atoms with E-state index in [-0.39, 0.29) is 18.4 Å². The number of anilines is 1. The van der Waals surface area contributed by atoms with Gasteiger partial charge in [0.25, 0.3) is 5.91 Å².